The van der Waals surface area contributed by atoms with E-state index in [0.717, 1.165) is 0 Å². The standard InChI is InChI=1S/C15H27N3O4/c1-9(2)8-12(16)14(20)18-6-4-11(5-7-18)13(19)17-10(3)15(21)22/h9-12H,4-8,16H2,1-3H3,(H,17,19)(H,21,22)/t10-,12+/m0/s1. The molecule has 0 saturated carbocycles. The molecule has 7 heteroatoms. The molecule has 1 aliphatic rings. The van der Waals surface area contributed by atoms with Gasteiger partial charge in [0.05, 0.1) is 6.04 Å². The number of likely N-dealkylation sites (tertiary alicyclic amines) is 1. The van der Waals surface area contributed by atoms with Gasteiger partial charge >= 0.3 is 5.97 Å². The Kier molecular flexibility index (Phi) is 6.80. The number of carboxylic acids is 1. The van der Waals surface area contributed by atoms with Gasteiger partial charge in [-0.1, -0.05) is 13.8 Å². The number of carboxylic acid groups (broad SMARTS) is 1. The molecule has 2 atom stereocenters. The summed E-state index contributed by atoms with van der Waals surface area (Å²) in [5, 5.41) is 11.3. The van der Waals surface area contributed by atoms with Crippen molar-refractivity contribution in [3.63, 3.8) is 0 Å². The highest BCUT2D eigenvalue weighted by atomic mass is 16.4. The van der Waals surface area contributed by atoms with Gasteiger partial charge in [0.25, 0.3) is 0 Å². The van der Waals surface area contributed by atoms with Crippen LogP contribution in [0.15, 0.2) is 0 Å². The molecule has 0 aliphatic carbocycles. The predicted molar refractivity (Wildman–Crippen MR) is 82.0 cm³/mol. The Morgan fingerprint density at radius 1 is 1.23 bits per heavy atom. The van der Waals surface area contributed by atoms with E-state index in [2.05, 4.69) is 5.32 Å². The molecule has 1 saturated heterocycles. The van der Waals surface area contributed by atoms with Crippen LogP contribution in [0.4, 0.5) is 0 Å². The predicted octanol–water partition coefficient (Wildman–Crippen LogP) is 0.188. The number of piperidine rings is 1. The van der Waals surface area contributed by atoms with Gasteiger partial charge in [0.2, 0.25) is 11.8 Å². The van der Waals surface area contributed by atoms with E-state index >= 15 is 0 Å². The summed E-state index contributed by atoms with van der Waals surface area (Å²) in [4.78, 5) is 36.6. The molecule has 1 heterocycles. The van der Waals surface area contributed by atoms with Crippen LogP contribution >= 0.6 is 0 Å². The van der Waals surface area contributed by atoms with Crippen LogP contribution in [0.2, 0.25) is 0 Å². The molecule has 22 heavy (non-hydrogen) atoms. The number of carbonyl (C=O) groups excluding carboxylic acids is 2. The van der Waals surface area contributed by atoms with Gasteiger partial charge in [-0.05, 0) is 32.1 Å². The molecule has 0 bridgehead atoms. The Bertz CT molecular complexity index is 417. The molecule has 2 amide bonds. The zero-order valence-corrected chi connectivity index (χ0v) is 13.5. The Hall–Kier alpha value is -1.63. The fourth-order valence-electron chi connectivity index (χ4n) is 2.60. The lowest BCUT2D eigenvalue weighted by Gasteiger charge is -2.33. The number of hydrogen-bond donors (Lipinski definition) is 3. The van der Waals surface area contributed by atoms with Gasteiger partial charge in [-0.25, -0.2) is 0 Å². The molecule has 0 radical (unpaired) electrons. The van der Waals surface area contributed by atoms with Crippen molar-refractivity contribution in [2.75, 3.05) is 13.1 Å². The minimum atomic E-state index is -1.05. The highest BCUT2D eigenvalue weighted by molar-refractivity contribution is 5.85. The summed E-state index contributed by atoms with van der Waals surface area (Å²) in [7, 11) is 0. The molecular weight excluding hydrogens is 286 g/mol. The molecule has 1 fully saturated rings. The third kappa shape index (κ3) is 5.29. The van der Waals surface area contributed by atoms with Crippen LogP contribution in [-0.4, -0.2) is 53.0 Å². The second-order valence-electron chi connectivity index (χ2n) is 6.40. The van der Waals surface area contributed by atoms with E-state index in [1.165, 1.54) is 6.92 Å². The summed E-state index contributed by atoms with van der Waals surface area (Å²) in [6.07, 6.45) is 1.73. The fourth-order valence-corrected chi connectivity index (χ4v) is 2.60. The maximum atomic E-state index is 12.2. The topological polar surface area (TPSA) is 113 Å². The molecule has 1 aliphatic heterocycles. The van der Waals surface area contributed by atoms with E-state index in [1.807, 2.05) is 13.8 Å². The van der Waals surface area contributed by atoms with Crippen molar-refractivity contribution in [3.8, 4) is 0 Å². The SMILES string of the molecule is CC(C)C[C@@H](N)C(=O)N1CCC(C(=O)N[C@@H](C)C(=O)O)CC1. The Balaban J connectivity index is 2.44. The van der Waals surface area contributed by atoms with Gasteiger partial charge < -0.3 is 21.1 Å². The maximum absolute atomic E-state index is 12.2. The first kappa shape index (κ1) is 18.4. The molecule has 0 aromatic carbocycles. The Labute approximate surface area is 131 Å². The van der Waals surface area contributed by atoms with Crippen LogP contribution in [0.25, 0.3) is 0 Å². The summed E-state index contributed by atoms with van der Waals surface area (Å²) in [6.45, 7) is 6.46. The lowest BCUT2D eigenvalue weighted by atomic mass is 9.94. The van der Waals surface area contributed by atoms with Gasteiger partial charge in [-0.2, -0.15) is 0 Å². The summed E-state index contributed by atoms with van der Waals surface area (Å²) in [5.41, 5.74) is 5.91. The molecule has 0 aromatic heterocycles. The number of hydrogen-bond acceptors (Lipinski definition) is 4. The lowest BCUT2D eigenvalue weighted by Crippen LogP contribution is -2.50. The smallest absolute Gasteiger partial charge is 0.325 e. The van der Waals surface area contributed by atoms with Crippen molar-refractivity contribution in [1.29, 1.82) is 0 Å². The zero-order valence-electron chi connectivity index (χ0n) is 13.5. The molecule has 0 aromatic rings. The Morgan fingerprint density at radius 2 is 1.77 bits per heavy atom. The van der Waals surface area contributed by atoms with Gasteiger partial charge in [0, 0.05) is 19.0 Å². The number of nitrogens with zero attached hydrogens (tertiary/aromatic N) is 1. The average Bonchev–Trinajstić information content (AvgIpc) is 2.45. The number of carbonyl (C=O) groups is 3. The first-order valence-electron chi connectivity index (χ1n) is 7.80. The monoisotopic (exact) mass is 313 g/mol. The highest BCUT2D eigenvalue weighted by Crippen LogP contribution is 2.19. The van der Waals surface area contributed by atoms with Crippen molar-refractivity contribution in [2.45, 2.75) is 52.1 Å². The molecule has 7 nitrogen and oxygen atoms in total. The van der Waals surface area contributed by atoms with Gasteiger partial charge in [-0.3, -0.25) is 14.4 Å². The first-order valence-corrected chi connectivity index (χ1v) is 7.80. The van der Waals surface area contributed by atoms with Crippen molar-refractivity contribution in [1.82, 2.24) is 10.2 Å². The second kappa shape index (κ2) is 8.12. The van der Waals surface area contributed by atoms with E-state index in [4.69, 9.17) is 10.8 Å². The molecule has 1 rings (SSSR count). The fraction of sp³-hybridized carbons (Fsp3) is 0.800. The van der Waals surface area contributed by atoms with E-state index in [-0.39, 0.29) is 17.7 Å². The van der Waals surface area contributed by atoms with Crippen molar-refractivity contribution in [3.05, 3.63) is 0 Å². The summed E-state index contributed by atoms with van der Waals surface area (Å²) >= 11 is 0. The Morgan fingerprint density at radius 3 is 2.23 bits per heavy atom. The molecular formula is C15H27N3O4. The maximum Gasteiger partial charge on any atom is 0.325 e. The number of nitrogens with one attached hydrogen (secondary N) is 1. The minimum absolute atomic E-state index is 0.0635. The minimum Gasteiger partial charge on any atom is -0.480 e. The number of nitrogens with two attached hydrogens (primary N) is 1. The van der Waals surface area contributed by atoms with Crippen molar-refractivity contribution in [2.24, 2.45) is 17.6 Å². The lowest BCUT2D eigenvalue weighted by molar-refractivity contribution is -0.142. The molecule has 126 valence electrons. The summed E-state index contributed by atoms with van der Waals surface area (Å²) in [5.74, 6) is -1.26. The third-order valence-corrected chi connectivity index (χ3v) is 3.95. The zero-order chi connectivity index (χ0) is 16.9. The van der Waals surface area contributed by atoms with Crippen LogP contribution in [0.3, 0.4) is 0 Å². The van der Waals surface area contributed by atoms with Crippen molar-refractivity contribution < 1.29 is 19.5 Å². The van der Waals surface area contributed by atoms with E-state index in [1.54, 1.807) is 4.90 Å². The van der Waals surface area contributed by atoms with Crippen LogP contribution < -0.4 is 11.1 Å². The number of rotatable bonds is 6. The third-order valence-electron chi connectivity index (χ3n) is 3.95. The van der Waals surface area contributed by atoms with Crippen LogP contribution in [0.1, 0.15) is 40.0 Å². The quantitative estimate of drug-likeness (QED) is 0.648. The average molecular weight is 313 g/mol. The van der Waals surface area contributed by atoms with Gasteiger partial charge in [-0.15, -0.1) is 0 Å². The van der Waals surface area contributed by atoms with Crippen LogP contribution in [0.5, 0.6) is 0 Å². The molecule has 0 unspecified atom stereocenters. The van der Waals surface area contributed by atoms with Crippen LogP contribution in [-0.2, 0) is 14.4 Å². The van der Waals surface area contributed by atoms with E-state index in [9.17, 15) is 14.4 Å². The molecule has 4 N–H and O–H groups in total. The largest absolute Gasteiger partial charge is 0.480 e. The van der Waals surface area contributed by atoms with E-state index < -0.39 is 18.1 Å². The van der Waals surface area contributed by atoms with E-state index in [0.29, 0.717) is 38.3 Å². The molecule has 0 spiro atoms. The number of aliphatic carboxylic acids is 1. The number of amides is 2. The highest BCUT2D eigenvalue weighted by Gasteiger charge is 2.30. The van der Waals surface area contributed by atoms with Gasteiger partial charge in [0.1, 0.15) is 6.04 Å². The summed E-state index contributed by atoms with van der Waals surface area (Å²) < 4.78 is 0. The second-order valence-corrected chi connectivity index (χ2v) is 6.40. The first-order chi connectivity index (χ1) is 10.2. The van der Waals surface area contributed by atoms with Crippen molar-refractivity contribution >= 4 is 17.8 Å². The normalized spacial score (nSPS) is 18.9. The summed E-state index contributed by atoms with van der Waals surface area (Å²) in [6, 6.07) is -1.39. The van der Waals surface area contributed by atoms with Crippen LogP contribution in [0, 0.1) is 11.8 Å². The van der Waals surface area contributed by atoms with Gasteiger partial charge in [0.15, 0.2) is 0 Å².